The second kappa shape index (κ2) is 8.87. The predicted molar refractivity (Wildman–Crippen MR) is 129 cm³/mol. The van der Waals surface area contributed by atoms with Crippen LogP contribution in [0.5, 0.6) is 0 Å². The average Bonchev–Trinajstić information content (AvgIpc) is 3.06. The second-order valence-corrected chi connectivity index (χ2v) is 8.70. The largest absolute Gasteiger partial charge is 0.376 e. The first kappa shape index (κ1) is 21.0. The molecule has 7 nitrogen and oxygen atoms in total. The van der Waals surface area contributed by atoms with Crippen molar-refractivity contribution in [1.29, 1.82) is 0 Å². The van der Waals surface area contributed by atoms with E-state index < -0.39 is 0 Å². The van der Waals surface area contributed by atoms with Gasteiger partial charge in [-0.05, 0) is 73.6 Å². The Morgan fingerprint density at radius 2 is 2.06 bits per heavy atom. The van der Waals surface area contributed by atoms with Crippen molar-refractivity contribution < 1.29 is 4.92 Å². The molecule has 0 bridgehead atoms. The van der Waals surface area contributed by atoms with Crippen LogP contribution in [-0.4, -0.2) is 34.4 Å². The van der Waals surface area contributed by atoms with Crippen LogP contribution in [0, 0.1) is 17.0 Å². The molecule has 160 valence electrons. The summed E-state index contributed by atoms with van der Waals surface area (Å²) >= 11 is 1.72. The molecule has 0 saturated carbocycles. The van der Waals surface area contributed by atoms with Gasteiger partial charge in [-0.15, -0.1) is 0 Å². The van der Waals surface area contributed by atoms with Gasteiger partial charge < -0.3 is 15.5 Å². The highest BCUT2D eigenvalue weighted by atomic mass is 32.2. The van der Waals surface area contributed by atoms with E-state index in [1.165, 1.54) is 21.9 Å². The quantitative estimate of drug-likeness (QED) is 0.394. The summed E-state index contributed by atoms with van der Waals surface area (Å²) in [7, 11) is 4.02. The van der Waals surface area contributed by atoms with E-state index in [1.807, 2.05) is 20.0 Å². The number of nitrogens with one attached hydrogen (secondary N) is 2. The number of benzene rings is 2. The Labute approximate surface area is 185 Å². The number of rotatable bonds is 7. The van der Waals surface area contributed by atoms with Crippen molar-refractivity contribution in [2.24, 2.45) is 0 Å². The van der Waals surface area contributed by atoms with Gasteiger partial charge >= 0.3 is 0 Å². The molecule has 31 heavy (non-hydrogen) atoms. The van der Waals surface area contributed by atoms with E-state index in [9.17, 15) is 10.1 Å². The van der Waals surface area contributed by atoms with E-state index in [0.29, 0.717) is 0 Å². The number of aryl methyl sites for hydroxylation is 1. The number of nitrogens with zero attached hydrogens (tertiary/aromatic N) is 3. The number of nitro benzene ring substituents is 1. The average molecular weight is 436 g/mol. The van der Waals surface area contributed by atoms with Gasteiger partial charge in [0.15, 0.2) is 0 Å². The van der Waals surface area contributed by atoms with Gasteiger partial charge in [-0.1, -0.05) is 6.07 Å². The van der Waals surface area contributed by atoms with Gasteiger partial charge in [0.2, 0.25) is 0 Å². The molecule has 0 aliphatic carbocycles. The van der Waals surface area contributed by atoms with Crippen LogP contribution in [0.1, 0.15) is 11.1 Å². The standard InChI is InChI=1S/C23H25N5O2S/c1-16-11-19(28(29)30)7-9-22(16)25-18-6-8-21-17(13-24-2)14-27(23(21)12-18)31-20-5-4-10-26(3)15-20/h4-12,14,24-25H,13,15H2,1-3H3. The third-order valence-corrected chi connectivity index (χ3v) is 6.16. The summed E-state index contributed by atoms with van der Waals surface area (Å²) < 4.78 is 2.22. The van der Waals surface area contributed by atoms with Gasteiger partial charge in [0.25, 0.3) is 5.69 Å². The number of hydrogen-bond acceptors (Lipinski definition) is 6. The Morgan fingerprint density at radius 1 is 1.23 bits per heavy atom. The summed E-state index contributed by atoms with van der Waals surface area (Å²) in [5, 5.41) is 18.9. The summed E-state index contributed by atoms with van der Waals surface area (Å²) in [6.45, 7) is 3.54. The molecule has 3 aromatic rings. The van der Waals surface area contributed by atoms with Crippen molar-refractivity contribution in [1.82, 2.24) is 14.2 Å². The fourth-order valence-corrected chi connectivity index (χ4v) is 4.72. The maximum absolute atomic E-state index is 11.0. The minimum Gasteiger partial charge on any atom is -0.376 e. The summed E-state index contributed by atoms with van der Waals surface area (Å²) in [6.07, 6.45) is 8.47. The third kappa shape index (κ3) is 4.60. The smallest absolute Gasteiger partial charge is 0.269 e. The first-order valence-corrected chi connectivity index (χ1v) is 10.8. The number of allylic oxidation sites excluding steroid dienone is 2. The summed E-state index contributed by atoms with van der Waals surface area (Å²) in [5.41, 5.74) is 5.08. The lowest BCUT2D eigenvalue weighted by Crippen LogP contribution is -2.15. The Morgan fingerprint density at radius 3 is 2.77 bits per heavy atom. The van der Waals surface area contributed by atoms with Gasteiger partial charge in [-0.3, -0.25) is 14.1 Å². The zero-order chi connectivity index (χ0) is 22.0. The lowest BCUT2D eigenvalue weighted by atomic mass is 10.1. The van der Waals surface area contributed by atoms with Crippen LogP contribution >= 0.6 is 11.9 Å². The normalized spacial score (nSPS) is 13.5. The molecule has 1 aliphatic rings. The molecule has 1 aromatic heterocycles. The van der Waals surface area contributed by atoms with E-state index in [4.69, 9.17) is 0 Å². The number of hydrogen-bond donors (Lipinski definition) is 2. The fourth-order valence-electron chi connectivity index (χ4n) is 3.64. The van der Waals surface area contributed by atoms with E-state index in [0.717, 1.165) is 35.5 Å². The molecular weight excluding hydrogens is 410 g/mol. The number of non-ortho nitro benzene ring substituents is 1. The van der Waals surface area contributed by atoms with Crippen molar-refractivity contribution in [2.45, 2.75) is 13.5 Å². The minimum atomic E-state index is -0.372. The van der Waals surface area contributed by atoms with E-state index in [2.05, 4.69) is 63.2 Å². The van der Waals surface area contributed by atoms with Crippen molar-refractivity contribution in [2.75, 3.05) is 26.0 Å². The first-order valence-electron chi connectivity index (χ1n) is 10.0. The zero-order valence-corrected chi connectivity index (χ0v) is 18.6. The van der Waals surface area contributed by atoms with Gasteiger partial charge in [0.1, 0.15) is 0 Å². The SMILES string of the molecule is CNCc1cn(SC2=CC=CN(C)C2)c2cc(Nc3ccc([N+](=O)[O-])cc3C)ccc12. The van der Waals surface area contributed by atoms with Crippen LogP contribution < -0.4 is 10.6 Å². The molecule has 0 spiro atoms. The Hall–Kier alpha value is -3.23. The number of aromatic nitrogens is 1. The predicted octanol–water partition coefficient (Wildman–Crippen LogP) is 5.16. The molecule has 0 radical (unpaired) electrons. The summed E-state index contributed by atoms with van der Waals surface area (Å²) in [4.78, 5) is 14.1. The molecular formula is C23H25N5O2S. The van der Waals surface area contributed by atoms with E-state index in [1.54, 1.807) is 24.1 Å². The maximum Gasteiger partial charge on any atom is 0.269 e. The highest BCUT2D eigenvalue weighted by Gasteiger charge is 2.14. The van der Waals surface area contributed by atoms with Gasteiger partial charge in [0.05, 0.1) is 10.4 Å². The van der Waals surface area contributed by atoms with Gasteiger partial charge in [-0.2, -0.15) is 0 Å². The van der Waals surface area contributed by atoms with Crippen LogP contribution in [0.15, 0.2) is 65.9 Å². The molecule has 0 amide bonds. The highest BCUT2D eigenvalue weighted by Crippen LogP contribution is 2.33. The molecule has 1 aliphatic heterocycles. The molecule has 2 aromatic carbocycles. The van der Waals surface area contributed by atoms with E-state index in [-0.39, 0.29) is 10.6 Å². The molecule has 2 N–H and O–H groups in total. The van der Waals surface area contributed by atoms with Crippen LogP contribution in [0.4, 0.5) is 17.1 Å². The zero-order valence-electron chi connectivity index (χ0n) is 17.8. The number of nitro groups is 1. The Bertz CT molecular complexity index is 1200. The monoisotopic (exact) mass is 435 g/mol. The van der Waals surface area contributed by atoms with E-state index >= 15 is 0 Å². The van der Waals surface area contributed by atoms with Crippen molar-refractivity contribution in [3.63, 3.8) is 0 Å². The fraction of sp³-hybridized carbons (Fsp3) is 0.217. The molecule has 0 saturated heterocycles. The van der Waals surface area contributed by atoms with Crippen molar-refractivity contribution in [3.8, 4) is 0 Å². The third-order valence-electron chi connectivity index (χ3n) is 5.16. The molecule has 0 atom stereocenters. The van der Waals surface area contributed by atoms with Crippen molar-refractivity contribution >= 4 is 39.9 Å². The topological polar surface area (TPSA) is 75.4 Å². The lowest BCUT2D eigenvalue weighted by Gasteiger charge is -2.19. The highest BCUT2D eigenvalue weighted by molar-refractivity contribution is 8.01. The molecule has 0 unspecified atom stereocenters. The van der Waals surface area contributed by atoms with Gasteiger partial charge in [-0.25, -0.2) is 0 Å². The maximum atomic E-state index is 11.0. The minimum absolute atomic E-state index is 0.0975. The summed E-state index contributed by atoms with van der Waals surface area (Å²) in [6, 6.07) is 11.2. The second-order valence-electron chi connectivity index (χ2n) is 7.60. The van der Waals surface area contributed by atoms with Crippen molar-refractivity contribution in [3.05, 3.63) is 87.1 Å². The molecule has 4 rings (SSSR count). The van der Waals surface area contributed by atoms with Crippen LogP contribution in [0.3, 0.4) is 0 Å². The number of anilines is 2. The lowest BCUT2D eigenvalue weighted by molar-refractivity contribution is -0.384. The van der Waals surface area contributed by atoms with Crippen LogP contribution in [0.2, 0.25) is 0 Å². The first-order chi connectivity index (χ1) is 14.9. The number of fused-ring (bicyclic) bond motifs is 1. The number of likely N-dealkylation sites (N-methyl/N-ethyl adjacent to an activating group) is 1. The van der Waals surface area contributed by atoms with Gasteiger partial charge in [0, 0.05) is 60.1 Å². The Kier molecular flexibility index (Phi) is 6.01. The van der Waals surface area contributed by atoms with Crippen LogP contribution in [-0.2, 0) is 6.54 Å². The molecule has 8 heteroatoms. The van der Waals surface area contributed by atoms with Crippen LogP contribution in [0.25, 0.3) is 10.9 Å². The molecule has 2 heterocycles. The molecule has 0 fully saturated rings. The Balaban J connectivity index is 1.67. The summed E-state index contributed by atoms with van der Waals surface area (Å²) in [5.74, 6) is 0.